The summed E-state index contributed by atoms with van der Waals surface area (Å²) >= 11 is 0. The molecule has 3 aromatic rings. The molecule has 0 aliphatic carbocycles. The van der Waals surface area contributed by atoms with Gasteiger partial charge in [-0.05, 0) is 54.8 Å². The number of aryl methyl sites for hydroxylation is 1. The minimum atomic E-state index is -0.227. The number of ether oxygens (including phenoxy) is 6. The van der Waals surface area contributed by atoms with E-state index in [-0.39, 0.29) is 12.1 Å². The maximum atomic E-state index is 11.5. The Morgan fingerprint density at radius 1 is 0.833 bits per heavy atom. The van der Waals surface area contributed by atoms with Gasteiger partial charge in [0, 0.05) is 30.9 Å². The topological polar surface area (TPSA) is 84.5 Å². The number of methoxy groups -OCH3 is 2. The Kier molecular flexibility index (Phi) is 13.0. The highest BCUT2D eigenvalue weighted by Crippen LogP contribution is 2.29. The van der Waals surface area contributed by atoms with E-state index in [1.807, 2.05) is 60.7 Å². The van der Waals surface area contributed by atoms with Crippen LogP contribution in [-0.4, -0.2) is 65.8 Å². The predicted molar refractivity (Wildman–Crippen MR) is 161 cm³/mol. The minimum Gasteiger partial charge on any atom is -0.496 e. The normalized spacial score (nSPS) is 16.5. The van der Waals surface area contributed by atoms with Crippen LogP contribution in [0.2, 0.25) is 0 Å². The van der Waals surface area contributed by atoms with Crippen LogP contribution < -0.4 is 19.5 Å². The summed E-state index contributed by atoms with van der Waals surface area (Å²) in [5.74, 6) is 2.56. The van der Waals surface area contributed by atoms with E-state index in [4.69, 9.17) is 28.4 Å². The Labute approximate surface area is 249 Å². The lowest BCUT2D eigenvalue weighted by Crippen LogP contribution is -2.41. The van der Waals surface area contributed by atoms with Gasteiger partial charge in [-0.1, -0.05) is 48.5 Å². The summed E-state index contributed by atoms with van der Waals surface area (Å²) in [6.45, 7) is 4.41. The second kappa shape index (κ2) is 17.4. The van der Waals surface area contributed by atoms with Crippen LogP contribution in [0.25, 0.3) is 0 Å². The molecule has 42 heavy (non-hydrogen) atoms. The number of benzene rings is 3. The van der Waals surface area contributed by atoms with Gasteiger partial charge in [-0.3, -0.25) is 4.79 Å². The summed E-state index contributed by atoms with van der Waals surface area (Å²) in [5.41, 5.74) is 3.29. The van der Waals surface area contributed by atoms with Crippen LogP contribution >= 0.6 is 0 Å². The first-order valence-electron chi connectivity index (χ1n) is 14.7. The summed E-state index contributed by atoms with van der Waals surface area (Å²) in [5, 5.41) is 3.45. The van der Waals surface area contributed by atoms with E-state index < -0.39 is 0 Å². The molecule has 3 aromatic carbocycles. The molecule has 1 aliphatic heterocycles. The number of carbonyl (C=O) groups excluding carboxylic acids is 1. The van der Waals surface area contributed by atoms with Gasteiger partial charge in [0.1, 0.15) is 23.9 Å². The zero-order valence-corrected chi connectivity index (χ0v) is 24.7. The SMILES string of the molecule is COC(=O)CCc1ccccc1OCCO[C@H]1CNCC[C@@H]1c1ccc(OCCCOCc2ccccc2OC)cc1. The molecule has 8 heteroatoms. The highest BCUT2D eigenvalue weighted by molar-refractivity contribution is 5.69. The van der Waals surface area contributed by atoms with Gasteiger partial charge in [0.15, 0.2) is 0 Å². The van der Waals surface area contributed by atoms with Crippen LogP contribution in [0.5, 0.6) is 17.2 Å². The molecule has 8 nitrogen and oxygen atoms in total. The fraction of sp³-hybridized carbons (Fsp3) is 0.441. The minimum absolute atomic E-state index is 0.0593. The van der Waals surface area contributed by atoms with Crippen molar-refractivity contribution in [2.45, 2.75) is 44.3 Å². The van der Waals surface area contributed by atoms with Crippen LogP contribution in [0.1, 0.15) is 41.9 Å². The predicted octanol–water partition coefficient (Wildman–Crippen LogP) is 5.33. The van der Waals surface area contributed by atoms with Gasteiger partial charge >= 0.3 is 5.97 Å². The maximum absolute atomic E-state index is 11.5. The van der Waals surface area contributed by atoms with Crippen molar-refractivity contribution >= 4 is 5.97 Å². The molecular weight excluding hydrogens is 534 g/mol. The Bertz CT molecular complexity index is 1220. The Balaban J connectivity index is 1.17. The average Bonchev–Trinajstić information content (AvgIpc) is 3.04. The number of para-hydroxylation sites is 2. The molecule has 1 N–H and O–H groups in total. The molecule has 0 saturated carbocycles. The monoisotopic (exact) mass is 577 g/mol. The zero-order chi connectivity index (χ0) is 29.4. The highest BCUT2D eigenvalue weighted by Gasteiger charge is 2.27. The molecule has 0 spiro atoms. The van der Waals surface area contributed by atoms with E-state index >= 15 is 0 Å². The standard InChI is InChI=1S/C34H43NO7/c1-37-31-10-5-4-9-28(31)25-39-20-7-21-40-29-15-12-26(13-16-29)30-18-19-35-24-33(30)42-23-22-41-32-11-6-3-8-27(32)14-17-34(36)38-2/h3-6,8-13,15-16,30,33,35H,7,14,17-25H2,1-2H3/t30-,33+/m1/s1. The molecule has 4 rings (SSSR count). The second-order valence-electron chi connectivity index (χ2n) is 10.2. The van der Waals surface area contributed by atoms with E-state index in [1.54, 1.807) is 7.11 Å². The zero-order valence-electron chi connectivity index (χ0n) is 24.7. The lowest BCUT2D eigenvalue weighted by Gasteiger charge is -2.32. The Hall–Kier alpha value is -3.59. The summed E-state index contributed by atoms with van der Waals surface area (Å²) in [6.07, 6.45) is 2.77. The summed E-state index contributed by atoms with van der Waals surface area (Å²) in [4.78, 5) is 11.5. The molecule has 0 aromatic heterocycles. The number of nitrogens with one attached hydrogen (secondary N) is 1. The molecule has 0 bridgehead atoms. The van der Waals surface area contributed by atoms with Crippen LogP contribution in [0.15, 0.2) is 72.8 Å². The molecule has 1 saturated heterocycles. The third-order valence-electron chi connectivity index (χ3n) is 7.36. The fourth-order valence-electron chi connectivity index (χ4n) is 5.09. The van der Waals surface area contributed by atoms with Crippen molar-refractivity contribution in [2.75, 3.05) is 53.7 Å². The van der Waals surface area contributed by atoms with Crippen molar-refractivity contribution in [1.82, 2.24) is 5.32 Å². The van der Waals surface area contributed by atoms with E-state index in [2.05, 4.69) is 17.4 Å². The number of hydrogen-bond donors (Lipinski definition) is 1. The van der Waals surface area contributed by atoms with E-state index in [9.17, 15) is 4.79 Å². The van der Waals surface area contributed by atoms with Crippen molar-refractivity contribution in [2.24, 2.45) is 0 Å². The van der Waals surface area contributed by atoms with Crippen molar-refractivity contribution in [3.05, 3.63) is 89.5 Å². The highest BCUT2D eigenvalue weighted by atomic mass is 16.5. The first-order chi connectivity index (χ1) is 20.7. The van der Waals surface area contributed by atoms with Crippen molar-refractivity contribution in [3.8, 4) is 17.2 Å². The van der Waals surface area contributed by atoms with Crippen LogP contribution in [0, 0.1) is 0 Å². The van der Waals surface area contributed by atoms with Crippen LogP contribution in [0.4, 0.5) is 0 Å². The van der Waals surface area contributed by atoms with Gasteiger partial charge in [0.05, 0.1) is 46.8 Å². The first-order valence-corrected chi connectivity index (χ1v) is 14.7. The van der Waals surface area contributed by atoms with Crippen molar-refractivity contribution in [1.29, 1.82) is 0 Å². The molecular formula is C34H43NO7. The van der Waals surface area contributed by atoms with E-state index in [0.29, 0.717) is 51.8 Å². The maximum Gasteiger partial charge on any atom is 0.305 e. The molecule has 226 valence electrons. The fourth-order valence-corrected chi connectivity index (χ4v) is 5.09. The van der Waals surface area contributed by atoms with Gasteiger partial charge in [-0.25, -0.2) is 0 Å². The molecule has 0 radical (unpaired) electrons. The quantitative estimate of drug-likeness (QED) is 0.170. The molecule has 1 heterocycles. The molecule has 2 atom stereocenters. The van der Waals surface area contributed by atoms with Gasteiger partial charge in [-0.15, -0.1) is 0 Å². The number of piperidine rings is 1. The summed E-state index contributed by atoms with van der Waals surface area (Å²) in [6, 6.07) is 24.1. The Morgan fingerprint density at radius 2 is 1.60 bits per heavy atom. The Morgan fingerprint density at radius 3 is 2.38 bits per heavy atom. The first kappa shape index (κ1) is 31.3. The number of hydrogen-bond acceptors (Lipinski definition) is 8. The van der Waals surface area contributed by atoms with Crippen molar-refractivity contribution < 1.29 is 33.2 Å². The van der Waals surface area contributed by atoms with E-state index in [0.717, 1.165) is 54.3 Å². The largest absolute Gasteiger partial charge is 0.496 e. The smallest absolute Gasteiger partial charge is 0.305 e. The number of esters is 1. The van der Waals surface area contributed by atoms with Crippen molar-refractivity contribution in [3.63, 3.8) is 0 Å². The molecule has 1 fully saturated rings. The van der Waals surface area contributed by atoms with Gasteiger partial charge in [0.2, 0.25) is 0 Å². The van der Waals surface area contributed by atoms with Crippen LogP contribution in [0.3, 0.4) is 0 Å². The summed E-state index contributed by atoms with van der Waals surface area (Å²) < 4.78 is 34.2. The lowest BCUT2D eigenvalue weighted by molar-refractivity contribution is -0.140. The molecule has 0 unspecified atom stereocenters. The second-order valence-corrected chi connectivity index (χ2v) is 10.2. The lowest BCUT2D eigenvalue weighted by atomic mass is 9.88. The number of rotatable bonds is 17. The molecule has 0 amide bonds. The van der Waals surface area contributed by atoms with E-state index in [1.165, 1.54) is 12.7 Å². The van der Waals surface area contributed by atoms with Gasteiger partial charge in [-0.2, -0.15) is 0 Å². The average molecular weight is 578 g/mol. The summed E-state index contributed by atoms with van der Waals surface area (Å²) in [7, 11) is 3.08. The third-order valence-corrected chi connectivity index (χ3v) is 7.36. The number of carbonyl (C=O) groups is 1. The van der Waals surface area contributed by atoms with Gasteiger partial charge in [0.25, 0.3) is 0 Å². The van der Waals surface area contributed by atoms with Crippen LogP contribution in [-0.2, 0) is 32.0 Å². The molecule has 1 aliphatic rings. The third kappa shape index (κ3) is 9.76. The van der Waals surface area contributed by atoms with Gasteiger partial charge < -0.3 is 33.7 Å².